The molecule has 1 fully saturated rings. The van der Waals surface area contributed by atoms with Gasteiger partial charge >= 0.3 is 5.97 Å². The van der Waals surface area contributed by atoms with Crippen LogP contribution in [0.4, 0.5) is 0 Å². The van der Waals surface area contributed by atoms with Gasteiger partial charge in [-0.25, -0.2) is 0 Å². The topological polar surface area (TPSA) is 80.0 Å². The van der Waals surface area contributed by atoms with Crippen molar-refractivity contribution in [3.05, 3.63) is 54.3 Å². The van der Waals surface area contributed by atoms with Gasteiger partial charge in [-0.2, -0.15) is 0 Å². The molecule has 144 valence electrons. The number of hydrogen-bond acceptors (Lipinski definition) is 4. The highest BCUT2D eigenvalue weighted by Crippen LogP contribution is 2.39. The van der Waals surface area contributed by atoms with Gasteiger partial charge in [-0.3, -0.25) is 9.59 Å². The van der Waals surface area contributed by atoms with Crippen LogP contribution in [0.1, 0.15) is 23.9 Å². The molecule has 6 heteroatoms. The fraction of sp³-hybridized carbons (Fsp3) is 0.273. The average Bonchev–Trinajstić information content (AvgIpc) is 3.29. The molecule has 1 atom stereocenters. The molecular formula is C22H21NO5. The molecule has 1 saturated heterocycles. The van der Waals surface area contributed by atoms with E-state index in [9.17, 15) is 14.7 Å². The van der Waals surface area contributed by atoms with Gasteiger partial charge in [-0.05, 0) is 31.0 Å². The molecule has 1 amide bonds. The number of carboxylic acid groups (broad SMARTS) is 1. The van der Waals surface area contributed by atoms with Gasteiger partial charge in [-0.15, -0.1) is 0 Å². The molecule has 0 bridgehead atoms. The van der Waals surface area contributed by atoms with Gasteiger partial charge < -0.3 is 19.2 Å². The zero-order chi connectivity index (χ0) is 19.9. The second-order valence-corrected chi connectivity index (χ2v) is 7.38. The van der Waals surface area contributed by atoms with E-state index in [0.717, 1.165) is 10.9 Å². The average molecular weight is 379 g/mol. The van der Waals surface area contributed by atoms with Crippen LogP contribution in [0.5, 0.6) is 5.75 Å². The maximum Gasteiger partial charge on any atom is 0.311 e. The molecule has 1 N–H and O–H groups in total. The lowest BCUT2D eigenvalue weighted by Crippen LogP contribution is -2.34. The van der Waals surface area contributed by atoms with Crippen molar-refractivity contribution in [2.45, 2.75) is 13.3 Å². The standard InChI is InChI=1S/C22H21NO5/c1-22(21(25)26)10-11-23(13-22)20(24)19-18(14-6-4-3-5-7-14)16-9-8-15(27-2)12-17(16)28-19/h3-9,12H,10-11,13H2,1-2H3,(H,25,26). The van der Waals surface area contributed by atoms with Crippen molar-refractivity contribution in [3.8, 4) is 16.9 Å². The molecule has 2 aromatic carbocycles. The Labute approximate surface area is 162 Å². The summed E-state index contributed by atoms with van der Waals surface area (Å²) in [5, 5.41) is 10.3. The van der Waals surface area contributed by atoms with Gasteiger partial charge in [0.2, 0.25) is 5.76 Å². The maximum absolute atomic E-state index is 13.3. The highest BCUT2D eigenvalue weighted by atomic mass is 16.5. The number of fused-ring (bicyclic) bond motifs is 1. The van der Waals surface area contributed by atoms with Crippen molar-refractivity contribution in [2.75, 3.05) is 20.2 Å². The van der Waals surface area contributed by atoms with Crippen molar-refractivity contribution in [1.29, 1.82) is 0 Å². The van der Waals surface area contributed by atoms with Crippen molar-refractivity contribution >= 4 is 22.8 Å². The van der Waals surface area contributed by atoms with Crippen LogP contribution in [0.15, 0.2) is 52.9 Å². The summed E-state index contributed by atoms with van der Waals surface area (Å²) in [6.45, 7) is 2.22. The fourth-order valence-electron chi connectivity index (χ4n) is 3.70. The Hall–Kier alpha value is -3.28. The van der Waals surface area contributed by atoms with E-state index in [2.05, 4.69) is 0 Å². The number of hydrogen-bond donors (Lipinski definition) is 1. The number of ether oxygens (including phenoxy) is 1. The quantitative estimate of drug-likeness (QED) is 0.740. The summed E-state index contributed by atoms with van der Waals surface area (Å²) in [6.07, 6.45) is 0.419. The summed E-state index contributed by atoms with van der Waals surface area (Å²) in [7, 11) is 1.57. The fourth-order valence-corrected chi connectivity index (χ4v) is 3.70. The van der Waals surface area contributed by atoms with Crippen LogP contribution in [0.25, 0.3) is 22.1 Å². The van der Waals surface area contributed by atoms with E-state index in [0.29, 0.717) is 29.9 Å². The predicted molar refractivity (Wildman–Crippen MR) is 104 cm³/mol. The van der Waals surface area contributed by atoms with Gasteiger partial charge in [0.05, 0.1) is 12.5 Å². The molecular weight excluding hydrogens is 358 g/mol. The number of carbonyl (C=O) groups excluding carboxylic acids is 1. The van der Waals surface area contributed by atoms with Crippen molar-refractivity contribution < 1.29 is 23.8 Å². The highest BCUT2D eigenvalue weighted by Gasteiger charge is 2.43. The summed E-state index contributed by atoms with van der Waals surface area (Å²) in [6, 6.07) is 15.0. The summed E-state index contributed by atoms with van der Waals surface area (Å²) in [4.78, 5) is 26.4. The number of likely N-dealkylation sites (tertiary alicyclic amines) is 1. The van der Waals surface area contributed by atoms with Crippen molar-refractivity contribution in [3.63, 3.8) is 0 Å². The molecule has 0 saturated carbocycles. The lowest BCUT2D eigenvalue weighted by molar-refractivity contribution is -0.147. The van der Waals surface area contributed by atoms with Crippen LogP contribution in [0.2, 0.25) is 0 Å². The molecule has 6 nitrogen and oxygen atoms in total. The Morgan fingerprint density at radius 1 is 1.18 bits per heavy atom. The third-order valence-electron chi connectivity index (χ3n) is 5.43. The van der Waals surface area contributed by atoms with Crippen LogP contribution in [0.3, 0.4) is 0 Å². The van der Waals surface area contributed by atoms with E-state index in [-0.39, 0.29) is 18.2 Å². The minimum Gasteiger partial charge on any atom is -0.497 e. The molecule has 4 rings (SSSR count). The summed E-state index contributed by atoms with van der Waals surface area (Å²) in [5.41, 5.74) is 1.21. The van der Waals surface area contributed by atoms with Crippen molar-refractivity contribution in [2.24, 2.45) is 5.41 Å². The molecule has 2 heterocycles. The molecule has 1 aliphatic rings. The van der Waals surface area contributed by atoms with Gasteiger partial charge in [0.25, 0.3) is 5.91 Å². The number of carbonyl (C=O) groups is 2. The lowest BCUT2D eigenvalue weighted by Gasteiger charge is -2.19. The van der Waals surface area contributed by atoms with E-state index in [4.69, 9.17) is 9.15 Å². The van der Waals surface area contributed by atoms with Crippen LogP contribution in [0, 0.1) is 5.41 Å². The third-order valence-corrected chi connectivity index (χ3v) is 5.43. The van der Waals surface area contributed by atoms with E-state index in [1.54, 1.807) is 25.0 Å². The second kappa shape index (κ2) is 6.71. The third kappa shape index (κ3) is 2.91. The summed E-state index contributed by atoms with van der Waals surface area (Å²) < 4.78 is 11.3. The number of rotatable bonds is 4. The van der Waals surface area contributed by atoms with Crippen molar-refractivity contribution in [1.82, 2.24) is 4.90 Å². The minimum atomic E-state index is -0.933. The largest absolute Gasteiger partial charge is 0.497 e. The number of nitrogens with zero attached hydrogens (tertiary/aromatic N) is 1. The first kappa shape index (κ1) is 18.1. The molecule has 0 radical (unpaired) electrons. The molecule has 0 aliphatic carbocycles. The number of carboxylic acids is 1. The number of benzene rings is 2. The first-order valence-corrected chi connectivity index (χ1v) is 9.11. The van der Waals surface area contributed by atoms with Gasteiger partial charge in [0.1, 0.15) is 11.3 Å². The molecule has 1 aliphatic heterocycles. The first-order chi connectivity index (χ1) is 13.4. The SMILES string of the molecule is COc1ccc2c(-c3ccccc3)c(C(=O)N3CCC(C)(C(=O)O)C3)oc2c1. The van der Waals surface area contributed by atoms with Gasteiger partial charge in [-0.1, -0.05) is 30.3 Å². The molecule has 1 aromatic heterocycles. The monoisotopic (exact) mass is 379 g/mol. The van der Waals surface area contributed by atoms with Crippen LogP contribution >= 0.6 is 0 Å². The normalized spacial score (nSPS) is 19.1. The Morgan fingerprint density at radius 2 is 1.93 bits per heavy atom. The van der Waals surface area contributed by atoms with E-state index < -0.39 is 11.4 Å². The van der Waals surface area contributed by atoms with E-state index in [1.807, 2.05) is 42.5 Å². The van der Waals surface area contributed by atoms with E-state index >= 15 is 0 Å². The smallest absolute Gasteiger partial charge is 0.311 e. The second-order valence-electron chi connectivity index (χ2n) is 7.38. The molecule has 28 heavy (non-hydrogen) atoms. The zero-order valence-electron chi connectivity index (χ0n) is 15.8. The Kier molecular flexibility index (Phi) is 4.34. The van der Waals surface area contributed by atoms with Crippen LogP contribution in [-0.2, 0) is 4.79 Å². The molecule has 3 aromatic rings. The summed E-state index contributed by atoms with van der Waals surface area (Å²) >= 11 is 0. The Bertz CT molecular complexity index is 1060. The highest BCUT2D eigenvalue weighted by molar-refractivity contribution is 6.08. The Balaban J connectivity index is 1.82. The first-order valence-electron chi connectivity index (χ1n) is 9.11. The predicted octanol–water partition coefficient (Wildman–Crippen LogP) is 4.05. The summed E-state index contributed by atoms with van der Waals surface area (Å²) in [5.74, 6) is -0.317. The number of furan rings is 1. The molecule has 0 spiro atoms. The lowest BCUT2D eigenvalue weighted by atomic mass is 9.90. The number of methoxy groups -OCH3 is 1. The van der Waals surface area contributed by atoms with E-state index in [1.165, 1.54) is 0 Å². The maximum atomic E-state index is 13.3. The van der Waals surface area contributed by atoms with Crippen LogP contribution in [-0.4, -0.2) is 42.1 Å². The van der Waals surface area contributed by atoms with Crippen LogP contribution < -0.4 is 4.74 Å². The number of aliphatic carboxylic acids is 1. The van der Waals surface area contributed by atoms with Gasteiger partial charge in [0.15, 0.2) is 0 Å². The number of amides is 1. The van der Waals surface area contributed by atoms with Gasteiger partial charge in [0, 0.05) is 30.1 Å². The minimum absolute atomic E-state index is 0.162. The Morgan fingerprint density at radius 3 is 2.57 bits per heavy atom. The molecule has 1 unspecified atom stereocenters. The zero-order valence-corrected chi connectivity index (χ0v) is 15.8.